The lowest BCUT2D eigenvalue weighted by atomic mass is 9.90. The molecule has 4 atom stereocenters. The lowest BCUT2D eigenvalue weighted by Crippen LogP contribution is -2.46. The van der Waals surface area contributed by atoms with E-state index in [2.05, 4.69) is 20.8 Å². The number of hydrogen-bond donors (Lipinski definition) is 1. The summed E-state index contributed by atoms with van der Waals surface area (Å²) >= 11 is 0. The normalized spacial score (nSPS) is 30.6. The van der Waals surface area contributed by atoms with Gasteiger partial charge in [-0.25, -0.2) is 0 Å². The van der Waals surface area contributed by atoms with Gasteiger partial charge in [0.05, 0.1) is 6.10 Å². The third-order valence-corrected chi connectivity index (χ3v) is 4.24. The van der Waals surface area contributed by atoms with Gasteiger partial charge in [0.15, 0.2) is 12.6 Å². The molecule has 0 amide bonds. The molecule has 4 unspecified atom stereocenters. The summed E-state index contributed by atoms with van der Waals surface area (Å²) in [5.74, 6) is 0.158. The maximum atomic E-state index is 10.3. The van der Waals surface area contributed by atoms with Crippen molar-refractivity contribution in [3.63, 3.8) is 0 Å². The van der Waals surface area contributed by atoms with Gasteiger partial charge in [0.2, 0.25) is 0 Å². The molecule has 0 bridgehead atoms. The SMILES string of the molecule is CCCCCC1C(O)OC(CCCC)OC1CCCC. The van der Waals surface area contributed by atoms with E-state index in [0.29, 0.717) is 0 Å². The van der Waals surface area contributed by atoms with Crippen LogP contribution in [0.4, 0.5) is 0 Å². The Morgan fingerprint density at radius 2 is 1.40 bits per heavy atom. The van der Waals surface area contributed by atoms with E-state index in [0.717, 1.165) is 38.5 Å². The quantitative estimate of drug-likeness (QED) is 0.595. The van der Waals surface area contributed by atoms with Crippen molar-refractivity contribution in [3.05, 3.63) is 0 Å². The Morgan fingerprint density at radius 3 is 2.05 bits per heavy atom. The Labute approximate surface area is 125 Å². The van der Waals surface area contributed by atoms with Gasteiger partial charge in [0, 0.05) is 5.92 Å². The van der Waals surface area contributed by atoms with Crippen molar-refractivity contribution < 1.29 is 14.6 Å². The van der Waals surface area contributed by atoms with E-state index >= 15 is 0 Å². The van der Waals surface area contributed by atoms with Crippen LogP contribution < -0.4 is 0 Å². The number of hydrogen-bond acceptors (Lipinski definition) is 3. The first-order valence-corrected chi connectivity index (χ1v) is 8.71. The fourth-order valence-electron chi connectivity index (χ4n) is 2.92. The summed E-state index contributed by atoms with van der Waals surface area (Å²) in [6.45, 7) is 6.58. The fourth-order valence-corrected chi connectivity index (χ4v) is 2.92. The largest absolute Gasteiger partial charge is 0.368 e. The second kappa shape index (κ2) is 10.6. The summed E-state index contributed by atoms with van der Waals surface area (Å²) in [5.41, 5.74) is 0. The van der Waals surface area contributed by atoms with E-state index in [4.69, 9.17) is 9.47 Å². The topological polar surface area (TPSA) is 38.7 Å². The average molecular weight is 286 g/mol. The molecule has 1 heterocycles. The molecule has 0 saturated carbocycles. The Balaban J connectivity index is 2.51. The maximum absolute atomic E-state index is 10.3. The van der Waals surface area contributed by atoms with Crippen LogP contribution in [0.1, 0.15) is 85.0 Å². The van der Waals surface area contributed by atoms with Gasteiger partial charge >= 0.3 is 0 Å². The smallest absolute Gasteiger partial charge is 0.162 e. The second-order valence-corrected chi connectivity index (χ2v) is 6.07. The molecule has 3 heteroatoms. The molecule has 1 saturated heterocycles. The summed E-state index contributed by atoms with van der Waals surface area (Å²) < 4.78 is 11.8. The molecule has 0 aromatic rings. The lowest BCUT2D eigenvalue weighted by molar-refractivity contribution is -0.324. The van der Waals surface area contributed by atoms with Gasteiger partial charge in [0.25, 0.3) is 0 Å². The van der Waals surface area contributed by atoms with Crippen molar-refractivity contribution in [2.75, 3.05) is 0 Å². The van der Waals surface area contributed by atoms with Gasteiger partial charge in [-0.2, -0.15) is 0 Å². The van der Waals surface area contributed by atoms with Crippen LogP contribution in [-0.2, 0) is 9.47 Å². The molecule has 120 valence electrons. The van der Waals surface area contributed by atoms with Gasteiger partial charge in [-0.15, -0.1) is 0 Å². The van der Waals surface area contributed by atoms with Gasteiger partial charge < -0.3 is 14.6 Å². The zero-order valence-corrected chi connectivity index (χ0v) is 13.6. The molecule has 1 fully saturated rings. The minimum absolute atomic E-state index is 0.158. The summed E-state index contributed by atoms with van der Waals surface area (Å²) in [6.07, 6.45) is 10.5. The molecule has 0 spiro atoms. The predicted molar refractivity (Wildman–Crippen MR) is 82.4 cm³/mol. The van der Waals surface area contributed by atoms with Crippen LogP contribution in [0.2, 0.25) is 0 Å². The Kier molecular flexibility index (Phi) is 9.49. The van der Waals surface area contributed by atoms with Crippen LogP contribution in [0.25, 0.3) is 0 Å². The van der Waals surface area contributed by atoms with Crippen molar-refractivity contribution in [2.24, 2.45) is 5.92 Å². The molecule has 0 aliphatic carbocycles. The third-order valence-electron chi connectivity index (χ3n) is 4.24. The Hall–Kier alpha value is -0.120. The maximum Gasteiger partial charge on any atom is 0.162 e. The van der Waals surface area contributed by atoms with Crippen molar-refractivity contribution in [3.8, 4) is 0 Å². The lowest BCUT2D eigenvalue weighted by Gasteiger charge is -2.40. The van der Waals surface area contributed by atoms with Gasteiger partial charge in [-0.05, 0) is 25.7 Å². The Morgan fingerprint density at radius 1 is 0.750 bits per heavy atom. The minimum atomic E-state index is -0.635. The second-order valence-electron chi connectivity index (χ2n) is 6.07. The minimum Gasteiger partial charge on any atom is -0.368 e. The first-order chi connectivity index (χ1) is 9.72. The highest BCUT2D eigenvalue weighted by atomic mass is 16.7. The molecule has 0 radical (unpaired) electrons. The van der Waals surface area contributed by atoms with Crippen LogP contribution in [0.15, 0.2) is 0 Å². The van der Waals surface area contributed by atoms with Crippen molar-refractivity contribution in [1.29, 1.82) is 0 Å². The van der Waals surface area contributed by atoms with Gasteiger partial charge in [-0.3, -0.25) is 0 Å². The first-order valence-electron chi connectivity index (χ1n) is 8.71. The Bertz CT molecular complexity index is 232. The van der Waals surface area contributed by atoms with E-state index < -0.39 is 6.29 Å². The van der Waals surface area contributed by atoms with Gasteiger partial charge in [0.1, 0.15) is 0 Å². The van der Waals surface area contributed by atoms with Crippen LogP contribution in [0.3, 0.4) is 0 Å². The highest BCUT2D eigenvalue weighted by molar-refractivity contribution is 4.78. The third kappa shape index (κ3) is 6.11. The van der Waals surface area contributed by atoms with E-state index in [1.54, 1.807) is 0 Å². The molecular weight excluding hydrogens is 252 g/mol. The van der Waals surface area contributed by atoms with Crippen LogP contribution >= 0.6 is 0 Å². The molecule has 1 N–H and O–H groups in total. The molecule has 1 rings (SSSR count). The number of rotatable bonds is 10. The fraction of sp³-hybridized carbons (Fsp3) is 1.00. The molecule has 0 aromatic carbocycles. The van der Waals surface area contributed by atoms with E-state index in [9.17, 15) is 5.11 Å². The molecule has 20 heavy (non-hydrogen) atoms. The van der Waals surface area contributed by atoms with Crippen LogP contribution in [0.5, 0.6) is 0 Å². The summed E-state index contributed by atoms with van der Waals surface area (Å²) in [4.78, 5) is 0. The summed E-state index contributed by atoms with van der Waals surface area (Å²) in [5, 5.41) is 10.3. The predicted octanol–water partition coefficient (Wildman–Crippen LogP) is 4.62. The molecule has 0 aromatic heterocycles. The number of unbranched alkanes of at least 4 members (excludes halogenated alkanes) is 4. The monoisotopic (exact) mass is 286 g/mol. The van der Waals surface area contributed by atoms with Crippen molar-refractivity contribution in [2.45, 2.75) is 104 Å². The standard InChI is InChI=1S/C17H34O3/c1-4-7-10-11-14-15(12-8-5-2)19-16(13-9-6-3)20-17(14)18/h14-18H,4-13H2,1-3H3. The molecular formula is C17H34O3. The highest BCUT2D eigenvalue weighted by Gasteiger charge is 2.37. The molecule has 3 nitrogen and oxygen atoms in total. The summed E-state index contributed by atoms with van der Waals surface area (Å²) in [6, 6.07) is 0. The zero-order valence-electron chi connectivity index (χ0n) is 13.6. The van der Waals surface area contributed by atoms with Gasteiger partial charge in [-0.1, -0.05) is 59.3 Å². The summed E-state index contributed by atoms with van der Waals surface area (Å²) in [7, 11) is 0. The molecule has 1 aliphatic rings. The van der Waals surface area contributed by atoms with Crippen LogP contribution in [-0.4, -0.2) is 23.8 Å². The molecule has 1 aliphatic heterocycles. The average Bonchev–Trinajstić information content (AvgIpc) is 2.45. The number of aliphatic hydroxyl groups is 1. The van der Waals surface area contributed by atoms with Crippen molar-refractivity contribution >= 4 is 0 Å². The highest BCUT2D eigenvalue weighted by Crippen LogP contribution is 2.32. The number of ether oxygens (including phenoxy) is 2. The van der Waals surface area contributed by atoms with E-state index in [-0.39, 0.29) is 18.3 Å². The zero-order chi connectivity index (χ0) is 14.8. The van der Waals surface area contributed by atoms with Crippen molar-refractivity contribution in [1.82, 2.24) is 0 Å². The number of aliphatic hydroxyl groups excluding tert-OH is 1. The van der Waals surface area contributed by atoms with E-state index in [1.807, 2.05) is 0 Å². The van der Waals surface area contributed by atoms with E-state index in [1.165, 1.54) is 25.7 Å². The van der Waals surface area contributed by atoms with Crippen LogP contribution in [0, 0.1) is 5.92 Å². The first kappa shape index (κ1) is 17.9.